The number of fused-ring (bicyclic) bond motifs is 1. The molecule has 0 unspecified atom stereocenters. The van der Waals surface area contributed by atoms with Crippen LogP contribution in [-0.2, 0) is 0 Å². The summed E-state index contributed by atoms with van der Waals surface area (Å²) in [5.41, 5.74) is 0.930. The Kier molecular flexibility index (Phi) is 2.68. The lowest BCUT2D eigenvalue weighted by molar-refractivity contribution is 0.594. The maximum absolute atomic E-state index is 11.9. The quantitative estimate of drug-likeness (QED) is 0.693. The molecule has 4 nitrogen and oxygen atoms in total. The van der Waals surface area contributed by atoms with Gasteiger partial charge in [0.25, 0.3) is 5.56 Å². The fourth-order valence-corrected chi connectivity index (χ4v) is 2.10. The van der Waals surface area contributed by atoms with E-state index >= 15 is 0 Å². The minimum Gasteiger partial charge on any atom is -0.437 e. The van der Waals surface area contributed by atoms with Crippen molar-refractivity contribution in [1.29, 1.82) is 0 Å². The molecule has 3 aromatic rings. The van der Waals surface area contributed by atoms with Crippen molar-refractivity contribution in [3.05, 3.63) is 57.6 Å². The van der Waals surface area contributed by atoms with Crippen LogP contribution in [0.4, 0.5) is 0 Å². The lowest BCUT2D eigenvalue weighted by Crippen LogP contribution is -2.07. The summed E-state index contributed by atoms with van der Waals surface area (Å²) in [5.74, 6) is 0.285. The van der Waals surface area contributed by atoms with Crippen molar-refractivity contribution in [2.24, 2.45) is 0 Å². The average molecular weight is 303 g/mol. The van der Waals surface area contributed by atoms with Gasteiger partial charge in [-0.3, -0.25) is 9.78 Å². The first-order chi connectivity index (χ1) is 8.75. The molecule has 0 radical (unpaired) electrons. The van der Waals surface area contributed by atoms with E-state index in [-0.39, 0.29) is 11.4 Å². The van der Waals surface area contributed by atoms with Gasteiger partial charge in [0, 0.05) is 16.9 Å². The summed E-state index contributed by atoms with van der Waals surface area (Å²) in [7, 11) is 0. The van der Waals surface area contributed by atoms with Crippen molar-refractivity contribution in [3.63, 3.8) is 0 Å². The van der Waals surface area contributed by atoms with Crippen LogP contribution < -0.4 is 5.56 Å². The molecule has 3 rings (SSSR count). The van der Waals surface area contributed by atoms with Gasteiger partial charge in [0.2, 0.25) is 5.89 Å². The SMILES string of the molecule is O=c1nc(-c2ccncc2Br)oc2ccccc12. The Morgan fingerprint density at radius 3 is 2.83 bits per heavy atom. The molecule has 0 N–H and O–H groups in total. The molecule has 0 amide bonds. The Morgan fingerprint density at radius 2 is 2.00 bits per heavy atom. The molecular weight excluding hydrogens is 296 g/mol. The van der Waals surface area contributed by atoms with Crippen molar-refractivity contribution in [1.82, 2.24) is 9.97 Å². The van der Waals surface area contributed by atoms with Gasteiger partial charge in [-0.1, -0.05) is 12.1 Å². The summed E-state index contributed by atoms with van der Waals surface area (Å²) in [6, 6.07) is 8.78. The van der Waals surface area contributed by atoms with Gasteiger partial charge in [0.1, 0.15) is 5.58 Å². The number of nitrogens with zero attached hydrogens (tertiary/aromatic N) is 2. The second kappa shape index (κ2) is 4.34. The highest BCUT2D eigenvalue weighted by Crippen LogP contribution is 2.26. The zero-order valence-electron chi connectivity index (χ0n) is 9.13. The van der Waals surface area contributed by atoms with Crippen LogP contribution in [0.25, 0.3) is 22.4 Å². The van der Waals surface area contributed by atoms with Crippen LogP contribution in [0, 0.1) is 0 Å². The standard InChI is InChI=1S/C13H7BrN2O2/c14-10-7-15-6-5-8(10)13-16-12(17)9-3-1-2-4-11(9)18-13/h1-7H. The average Bonchev–Trinajstić information content (AvgIpc) is 2.39. The van der Waals surface area contributed by atoms with E-state index < -0.39 is 0 Å². The number of hydrogen-bond donors (Lipinski definition) is 0. The summed E-state index contributed by atoms with van der Waals surface area (Å²) in [5, 5.41) is 0.478. The Bertz CT molecular complexity index is 783. The van der Waals surface area contributed by atoms with Gasteiger partial charge < -0.3 is 4.42 Å². The van der Waals surface area contributed by atoms with Crippen LogP contribution in [0.1, 0.15) is 0 Å². The van der Waals surface area contributed by atoms with Crippen LogP contribution >= 0.6 is 15.9 Å². The van der Waals surface area contributed by atoms with Crippen molar-refractivity contribution in [2.75, 3.05) is 0 Å². The van der Waals surface area contributed by atoms with Crippen LogP contribution in [0.15, 0.2) is 56.4 Å². The van der Waals surface area contributed by atoms with Crippen molar-refractivity contribution >= 4 is 26.9 Å². The zero-order valence-corrected chi connectivity index (χ0v) is 10.7. The Morgan fingerprint density at radius 1 is 1.17 bits per heavy atom. The van der Waals surface area contributed by atoms with E-state index in [1.54, 1.807) is 36.7 Å². The van der Waals surface area contributed by atoms with E-state index in [1.165, 1.54) is 0 Å². The van der Waals surface area contributed by atoms with Gasteiger partial charge in [0.15, 0.2) is 0 Å². The molecule has 0 atom stereocenters. The molecule has 0 aliphatic carbocycles. The van der Waals surface area contributed by atoms with E-state index in [2.05, 4.69) is 25.9 Å². The van der Waals surface area contributed by atoms with Crippen LogP contribution in [0.5, 0.6) is 0 Å². The minimum atomic E-state index is -0.296. The van der Waals surface area contributed by atoms with E-state index in [4.69, 9.17) is 4.42 Å². The number of halogens is 1. The zero-order chi connectivity index (χ0) is 12.5. The molecule has 2 aromatic heterocycles. The predicted molar refractivity (Wildman–Crippen MR) is 71.2 cm³/mol. The maximum atomic E-state index is 11.9. The highest BCUT2D eigenvalue weighted by molar-refractivity contribution is 9.10. The summed E-state index contributed by atoms with van der Waals surface area (Å²) in [6.07, 6.45) is 3.25. The fourth-order valence-electron chi connectivity index (χ4n) is 1.68. The molecule has 0 spiro atoms. The molecular formula is C13H7BrN2O2. The smallest absolute Gasteiger partial charge is 0.284 e. The Labute approximate surface area is 110 Å². The number of rotatable bonds is 1. The number of para-hydroxylation sites is 1. The largest absolute Gasteiger partial charge is 0.437 e. The maximum Gasteiger partial charge on any atom is 0.284 e. The molecule has 5 heteroatoms. The summed E-state index contributed by atoms with van der Waals surface area (Å²) in [6.45, 7) is 0. The van der Waals surface area contributed by atoms with E-state index in [1.807, 2.05) is 6.07 Å². The summed E-state index contributed by atoms with van der Waals surface area (Å²) < 4.78 is 6.37. The summed E-state index contributed by atoms with van der Waals surface area (Å²) in [4.78, 5) is 19.8. The molecule has 0 saturated heterocycles. The van der Waals surface area contributed by atoms with E-state index in [9.17, 15) is 4.79 Å². The third-order valence-corrected chi connectivity index (χ3v) is 3.16. The molecule has 0 bridgehead atoms. The molecule has 18 heavy (non-hydrogen) atoms. The first-order valence-corrected chi connectivity index (χ1v) is 6.05. The monoisotopic (exact) mass is 302 g/mol. The highest BCUT2D eigenvalue weighted by atomic mass is 79.9. The Balaban J connectivity index is 2.32. The number of hydrogen-bond acceptors (Lipinski definition) is 4. The minimum absolute atomic E-state index is 0.285. The molecule has 0 fully saturated rings. The van der Waals surface area contributed by atoms with E-state index in [0.717, 1.165) is 4.47 Å². The first kappa shape index (κ1) is 11.1. The summed E-state index contributed by atoms with van der Waals surface area (Å²) >= 11 is 3.36. The van der Waals surface area contributed by atoms with Gasteiger partial charge >= 0.3 is 0 Å². The predicted octanol–water partition coefficient (Wildman–Crippen LogP) is 3.01. The van der Waals surface area contributed by atoms with Crippen LogP contribution in [0.3, 0.4) is 0 Å². The topological polar surface area (TPSA) is 56.0 Å². The van der Waals surface area contributed by atoms with Gasteiger partial charge in [0.05, 0.1) is 10.9 Å². The number of pyridine rings is 1. The fraction of sp³-hybridized carbons (Fsp3) is 0. The molecule has 88 valence electrons. The third-order valence-electron chi connectivity index (χ3n) is 2.53. The van der Waals surface area contributed by atoms with Gasteiger partial charge in [-0.15, -0.1) is 0 Å². The number of benzene rings is 1. The van der Waals surface area contributed by atoms with Gasteiger partial charge in [-0.2, -0.15) is 4.98 Å². The van der Waals surface area contributed by atoms with Crippen molar-refractivity contribution < 1.29 is 4.42 Å². The second-order valence-electron chi connectivity index (χ2n) is 3.68. The number of aromatic nitrogens is 2. The van der Waals surface area contributed by atoms with Gasteiger partial charge in [-0.25, -0.2) is 0 Å². The molecule has 0 aliphatic heterocycles. The second-order valence-corrected chi connectivity index (χ2v) is 4.53. The molecule has 2 heterocycles. The highest BCUT2D eigenvalue weighted by Gasteiger charge is 2.10. The van der Waals surface area contributed by atoms with Crippen LogP contribution in [0.2, 0.25) is 0 Å². The Hall–Kier alpha value is -2.01. The van der Waals surface area contributed by atoms with Crippen molar-refractivity contribution in [2.45, 2.75) is 0 Å². The van der Waals surface area contributed by atoms with Crippen LogP contribution in [-0.4, -0.2) is 9.97 Å². The molecule has 0 aliphatic rings. The van der Waals surface area contributed by atoms with Crippen molar-refractivity contribution in [3.8, 4) is 11.5 Å². The molecule has 1 aromatic carbocycles. The first-order valence-electron chi connectivity index (χ1n) is 5.25. The third kappa shape index (κ3) is 1.82. The lowest BCUT2D eigenvalue weighted by Gasteiger charge is -2.03. The van der Waals surface area contributed by atoms with Gasteiger partial charge in [-0.05, 0) is 34.1 Å². The lowest BCUT2D eigenvalue weighted by atomic mass is 10.2. The van der Waals surface area contributed by atoms with E-state index in [0.29, 0.717) is 16.5 Å². The molecule has 0 saturated carbocycles. The normalized spacial score (nSPS) is 10.7.